The fraction of sp³-hybridized carbons (Fsp3) is 0.647. The van der Waals surface area contributed by atoms with E-state index in [-0.39, 0.29) is 5.54 Å². The number of unbranched alkanes of at least 4 members (excludes halogenated alkanes) is 2. The molecule has 0 aliphatic rings. The number of nitrogens with one attached hydrogen (secondary N) is 1. The van der Waals surface area contributed by atoms with Crippen LogP contribution in [0.15, 0.2) is 18.2 Å². The minimum absolute atomic E-state index is 0.257. The Kier molecular flexibility index (Phi) is 5.87. The van der Waals surface area contributed by atoms with Crippen molar-refractivity contribution in [1.82, 2.24) is 5.32 Å². The van der Waals surface area contributed by atoms with Crippen molar-refractivity contribution in [3.05, 3.63) is 34.9 Å². The van der Waals surface area contributed by atoms with E-state index >= 15 is 0 Å². The van der Waals surface area contributed by atoms with E-state index in [0.29, 0.717) is 0 Å². The molecular weight excluding hydrogens is 218 g/mol. The van der Waals surface area contributed by atoms with Crippen molar-refractivity contribution in [1.29, 1.82) is 0 Å². The lowest BCUT2D eigenvalue weighted by atomic mass is 10.00. The second-order valence-electron chi connectivity index (χ2n) is 6.42. The standard InChI is InChI=1S/C17H29N/c1-14-10-11-15(2)16(13-14)9-7-6-8-12-18-17(3,4)5/h10-11,13,18H,6-9,12H2,1-5H3. The molecule has 1 aromatic carbocycles. The van der Waals surface area contributed by atoms with Gasteiger partial charge in [0.05, 0.1) is 0 Å². The van der Waals surface area contributed by atoms with Gasteiger partial charge in [-0.3, -0.25) is 0 Å². The van der Waals surface area contributed by atoms with Gasteiger partial charge in [-0.05, 0) is 71.6 Å². The lowest BCUT2D eigenvalue weighted by molar-refractivity contribution is 0.417. The Labute approximate surface area is 113 Å². The third kappa shape index (κ3) is 6.20. The van der Waals surface area contributed by atoms with Crippen LogP contribution in [0.1, 0.15) is 56.7 Å². The van der Waals surface area contributed by atoms with Crippen molar-refractivity contribution in [3.8, 4) is 0 Å². The van der Waals surface area contributed by atoms with Crippen molar-refractivity contribution in [2.24, 2.45) is 0 Å². The number of aryl methyl sites for hydroxylation is 3. The summed E-state index contributed by atoms with van der Waals surface area (Å²) in [5, 5.41) is 3.54. The molecule has 102 valence electrons. The van der Waals surface area contributed by atoms with Crippen molar-refractivity contribution in [2.75, 3.05) is 6.54 Å². The van der Waals surface area contributed by atoms with Crippen LogP contribution >= 0.6 is 0 Å². The van der Waals surface area contributed by atoms with Crippen molar-refractivity contribution >= 4 is 0 Å². The summed E-state index contributed by atoms with van der Waals surface area (Å²) in [5.41, 5.74) is 4.60. The zero-order valence-electron chi connectivity index (χ0n) is 12.8. The van der Waals surface area contributed by atoms with Crippen LogP contribution in [-0.4, -0.2) is 12.1 Å². The van der Waals surface area contributed by atoms with Gasteiger partial charge in [-0.25, -0.2) is 0 Å². The Hall–Kier alpha value is -0.820. The highest BCUT2D eigenvalue weighted by molar-refractivity contribution is 5.30. The molecule has 1 nitrogen and oxygen atoms in total. The second kappa shape index (κ2) is 6.94. The average molecular weight is 247 g/mol. The topological polar surface area (TPSA) is 12.0 Å². The molecule has 0 aliphatic heterocycles. The van der Waals surface area contributed by atoms with Gasteiger partial charge in [-0.15, -0.1) is 0 Å². The molecule has 1 aromatic rings. The van der Waals surface area contributed by atoms with Crippen LogP contribution in [0.4, 0.5) is 0 Å². The van der Waals surface area contributed by atoms with E-state index in [2.05, 4.69) is 58.1 Å². The molecule has 0 spiro atoms. The van der Waals surface area contributed by atoms with E-state index in [4.69, 9.17) is 0 Å². The predicted octanol–water partition coefficient (Wildman–Crippen LogP) is 4.40. The molecular formula is C17H29N. The number of hydrogen-bond acceptors (Lipinski definition) is 1. The zero-order valence-corrected chi connectivity index (χ0v) is 12.8. The molecule has 0 saturated heterocycles. The maximum absolute atomic E-state index is 3.54. The fourth-order valence-electron chi connectivity index (χ4n) is 2.15. The minimum atomic E-state index is 0.257. The largest absolute Gasteiger partial charge is 0.312 e. The van der Waals surface area contributed by atoms with Crippen LogP contribution in [0.2, 0.25) is 0 Å². The molecule has 0 saturated carbocycles. The summed E-state index contributed by atoms with van der Waals surface area (Å²) >= 11 is 0. The number of hydrogen-bond donors (Lipinski definition) is 1. The van der Waals surface area contributed by atoms with Crippen LogP contribution in [-0.2, 0) is 6.42 Å². The Bertz CT molecular complexity index is 360. The molecule has 0 aromatic heterocycles. The Balaban J connectivity index is 2.20. The maximum Gasteiger partial charge on any atom is 0.00965 e. The first kappa shape index (κ1) is 15.2. The van der Waals surface area contributed by atoms with E-state index in [1.165, 1.54) is 42.4 Å². The summed E-state index contributed by atoms with van der Waals surface area (Å²) in [5.74, 6) is 0. The quantitative estimate of drug-likeness (QED) is 0.734. The van der Waals surface area contributed by atoms with E-state index in [0.717, 1.165) is 6.54 Å². The highest BCUT2D eigenvalue weighted by atomic mass is 14.9. The van der Waals surface area contributed by atoms with Crippen LogP contribution < -0.4 is 5.32 Å². The molecule has 0 fully saturated rings. The van der Waals surface area contributed by atoms with Crippen LogP contribution in [0.5, 0.6) is 0 Å². The van der Waals surface area contributed by atoms with Gasteiger partial charge in [0.2, 0.25) is 0 Å². The van der Waals surface area contributed by atoms with E-state index in [1.807, 2.05) is 0 Å². The van der Waals surface area contributed by atoms with Crippen molar-refractivity contribution < 1.29 is 0 Å². The SMILES string of the molecule is Cc1ccc(C)c(CCCCCNC(C)(C)C)c1. The normalized spacial score (nSPS) is 11.8. The third-order valence-corrected chi connectivity index (χ3v) is 3.28. The molecule has 0 atom stereocenters. The zero-order chi connectivity index (χ0) is 13.6. The monoisotopic (exact) mass is 247 g/mol. The van der Waals surface area contributed by atoms with E-state index in [1.54, 1.807) is 0 Å². The minimum Gasteiger partial charge on any atom is -0.312 e. The molecule has 18 heavy (non-hydrogen) atoms. The summed E-state index contributed by atoms with van der Waals surface area (Å²) in [6.07, 6.45) is 5.12. The predicted molar refractivity (Wildman–Crippen MR) is 81.2 cm³/mol. The van der Waals surface area contributed by atoms with Gasteiger partial charge < -0.3 is 5.32 Å². The van der Waals surface area contributed by atoms with Gasteiger partial charge in [0.25, 0.3) is 0 Å². The number of benzene rings is 1. The molecule has 0 unspecified atom stereocenters. The second-order valence-corrected chi connectivity index (χ2v) is 6.42. The summed E-state index contributed by atoms with van der Waals surface area (Å²) in [6, 6.07) is 6.78. The molecule has 0 radical (unpaired) electrons. The summed E-state index contributed by atoms with van der Waals surface area (Å²) in [4.78, 5) is 0. The lowest BCUT2D eigenvalue weighted by Crippen LogP contribution is -2.36. The van der Waals surface area contributed by atoms with Gasteiger partial charge in [-0.1, -0.05) is 30.2 Å². The molecule has 1 N–H and O–H groups in total. The fourth-order valence-corrected chi connectivity index (χ4v) is 2.15. The van der Waals surface area contributed by atoms with Crippen molar-refractivity contribution in [3.63, 3.8) is 0 Å². The van der Waals surface area contributed by atoms with Gasteiger partial charge in [0.1, 0.15) is 0 Å². The van der Waals surface area contributed by atoms with E-state index < -0.39 is 0 Å². The lowest BCUT2D eigenvalue weighted by Gasteiger charge is -2.20. The summed E-state index contributed by atoms with van der Waals surface area (Å²) in [6.45, 7) is 12.2. The average Bonchev–Trinajstić information content (AvgIpc) is 2.26. The molecule has 0 amide bonds. The van der Waals surface area contributed by atoms with Crippen LogP contribution in [0.25, 0.3) is 0 Å². The highest BCUT2D eigenvalue weighted by Crippen LogP contribution is 2.14. The third-order valence-electron chi connectivity index (χ3n) is 3.28. The first-order chi connectivity index (χ1) is 8.38. The highest BCUT2D eigenvalue weighted by Gasteiger charge is 2.07. The number of rotatable bonds is 6. The Morgan fingerprint density at radius 1 is 1.00 bits per heavy atom. The molecule has 0 aliphatic carbocycles. The van der Waals surface area contributed by atoms with Gasteiger partial charge >= 0.3 is 0 Å². The molecule has 0 bridgehead atoms. The molecule has 1 rings (SSSR count). The smallest absolute Gasteiger partial charge is 0.00965 e. The van der Waals surface area contributed by atoms with E-state index in [9.17, 15) is 0 Å². The first-order valence-corrected chi connectivity index (χ1v) is 7.20. The van der Waals surface area contributed by atoms with Crippen LogP contribution in [0.3, 0.4) is 0 Å². The van der Waals surface area contributed by atoms with Crippen LogP contribution in [0, 0.1) is 13.8 Å². The Morgan fingerprint density at radius 2 is 1.72 bits per heavy atom. The van der Waals surface area contributed by atoms with Gasteiger partial charge in [0, 0.05) is 5.54 Å². The van der Waals surface area contributed by atoms with Gasteiger partial charge in [-0.2, -0.15) is 0 Å². The first-order valence-electron chi connectivity index (χ1n) is 7.20. The molecule has 0 heterocycles. The molecule has 1 heteroatoms. The summed E-state index contributed by atoms with van der Waals surface area (Å²) < 4.78 is 0. The van der Waals surface area contributed by atoms with Crippen molar-refractivity contribution in [2.45, 2.75) is 65.8 Å². The van der Waals surface area contributed by atoms with Gasteiger partial charge in [0.15, 0.2) is 0 Å². The Morgan fingerprint density at radius 3 is 2.39 bits per heavy atom. The summed E-state index contributed by atoms with van der Waals surface area (Å²) in [7, 11) is 0. The maximum atomic E-state index is 3.54.